The van der Waals surface area contributed by atoms with Crippen molar-refractivity contribution < 1.29 is 19.7 Å². The zero-order valence-electron chi connectivity index (χ0n) is 11.3. The van der Waals surface area contributed by atoms with Gasteiger partial charge in [-0.05, 0) is 24.3 Å². The Hall–Kier alpha value is -2.40. The molecule has 0 radical (unpaired) electrons. The van der Waals surface area contributed by atoms with E-state index in [1.165, 1.54) is 19.2 Å². The first-order chi connectivity index (χ1) is 10.0. The number of phenolic OH excluding ortho intramolecular Hbond substituents is 1. The molecule has 110 valence electrons. The Kier molecular flexibility index (Phi) is 4.55. The third-order valence-corrected chi connectivity index (χ3v) is 3.31. The molecule has 0 atom stereocenters. The summed E-state index contributed by atoms with van der Waals surface area (Å²) in [5.41, 5.74) is 1.26. The van der Waals surface area contributed by atoms with Crippen LogP contribution < -0.4 is 10.1 Å². The topological polar surface area (TPSA) is 78.8 Å². The molecule has 0 saturated heterocycles. The van der Waals surface area contributed by atoms with Crippen molar-refractivity contribution >= 4 is 23.3 Å². The third kappa shape index (κ3) is 3.38. The number of hydrogen-bond donors (Lipinski definition) is 3. The maximum Gasteiger partial charge on any atom is 0.337 e. The largest absolute Gasteiger partial charge is 0.504 e. The minimum Gasteiger partial charge on any atom is -0.504 e. The smallest absolute Gasteiger partial charge is 0.337 e. The first-order valence-corrected chi connectivity index (χ1v) is 6.52. The molecule has 0 aliphatic heterocycles. The predicted octanol–water partition coefficient (Wildman–Crippen LogP) is 3.36. The van der Waals surface area contributed by atoms with Crippen LogP contribution in [0.2, 0.25) is 5.02 Å². The molecule has 0 bridgehead atoms. The Balaban J connectivity index is 2.17. The highest BCUT2D eigenvalue weighted by molar-refractivity contribution is 6.33. The average Bonchev–Trinajstić information content (AvgIpc) is 2.47. The number of halogens is 1. The summed E-state index contributed by atoms with van der Waals surface area (Å²) in [5.74, 6) is -0.649. The Bertz CT molecular complexity index is 673. The minimum atomic E-state index is -1.09. The quantitative estimate of drug-likeness (QED) is 0.789. The molecular weight excluding hydrogens is 294 g/mol. The summed E-state index contributed by atoms with van der Waals surface area (Å²) in [6.45, 7) is 0.323. The summed E-state index contributed by atoms with van der Waals surface area (Å²) >= 11 is 5.81. The van der Waals surface area contributed by atoms with Crippen molar-refractivity contribution in [1.82, 2.24) is 0 Å². The highest BCUT2D eigenvalue weighted by atomic mass is 35.5. The number of methoxy groups -OCH3 is 1. The van der Waals surface area contributed by atoms with Crippen LogP contribution in [-0.4, -0.2) is 23.3 Å². The number of hydrogen-bond acceptors (Lipinski definition) is 4. The fourth-order valence-corrected chi connectivity index (χ4v) is 2.07. The third-order valence-electron chi connectivity index (χ3n) is 2.98. The van der Waals surface area contributed by atoms with Crippen molar-refractivity contribution in [1.29, 1.82) is 0 Å². The van der Waals surface area contributed by atoms with Crippen molar-refractivity contribution in [3.05, 3.63) is 52.5 Å². The number of aromatic hydroxyl groups is 1. The van der Waals surface area contributed by atoms with E-state index >= 15 is 0 Å². The Morgan fingerprint density at radius 2 is 2.10 bits per heavy atom. The van der Waals surface area contributed by atoms with E-state index in [1.54, 1.807) is 24.3 Å². The van der Waals surface area contributed by atoms with E-state index in [4.69, 9.17) is 21.4 Å². The number of aromatic carboxylic acids is 1. The van der Waals surface area contributed by atoms with Gasteiger partial charge in [-0.2, -0.15) is 0 Å². The van der Waals surface area contributed by atoms with Gasteiger partial charge in [0, 0.05) is 17.8 Å². The molecule has 21 heavy (non-hydrogen) atoms. The number of benzene rings is 2. The maximum atomic E-state index is 11.0. The summed E-state index contributed by atoms with van der Waals surface area (Å²) in [6, 6.07) is 9.80. The van der Waals surface area contributed by atoms with Crippen LogP contribution in [0.4, 0.5) is 5.69 Å². The van der Waals surface area contributed by atoms with E-state index in [0.29, 0.717) is 23.5 Å². The molecule has 0 aliphatic rings. The van der Waals surface area contributed by atoms with Gasteiger partial charge in [0.25, 0.3) is 0 Å². The molecule has 2 rings (SSSR count). The van der Waals surface area contributed by atoms with Gasteiger partial charge in [-0.3, -0.25) is 0 Å². The molecule has 0 fully saturated rings. The molecule has 2 aromatic carbocycles. The van der Waals surface area contributed by atoms with Gasteiger partial charge in [0.15, 0.2) is 11.5 Å². The molecule has 0 spiro atoms. The van der Waals surface area contributed by atoms with Gasteiger partial charge in [-0.15, -0.1) is 0 Å². The summed E-state index contributed by atoms with van der Waals surface area (Å²) < 4.78 is 5.03. The van der Waals surface area contributed by atoms with Crippen LogP contribution in [0.5, 0.6) is 11.5 Å². The summed E-state index contributed by atoms with van der Waals surface area (Å²) in [4.78, 5) is 11.0. The molecule has 0 aliphatic carbocycles. The van der Waals surface area contributed by atoms with Crippen molar-refractivity contribution in [2.45, 2.75) is 6.54 Å². The molecule has 2 aromatic rings. The van der Waals surface area contributed by atoms with Gasteiger partial charge in [-0.25, -0.2) is 4.79 Å². The highest BCUT2D eigenvalue weighted by Crippen LogP contribution is 2.30. The van der Waals surface area contributed by atoms with E-state index in [-0.39, 0.29) is 16.3 Å². The molecule has 0 amide bonds. The van der Waals surface area contributed by atoms with Crippen LogP contribution in [0, 0.1) is 0 Å². The number of carboxylic acid groups (broad SMARTS) is 1. The van der Waals surface area contributed by atoms with Crippen molar-refractivity contribution in [2.24, 2.45) is 0 Å². The van der Waals surface area contributed by atoms with E-state index in [1.807, 2.05) is 0 Å². The lowest BCUT2D eigenvalue weighted by molar-refractivity contribution is 0.0697. The summed E-state index contributed by atoms with van der Waals surface area (Å²) in [5, 5.41) is 22.2. The number of nitrogens with one attached hydrogen (secondary N) is 1. The van der Waals surface area contributed by atoms with E-state index in [9.17, 15) is 9.90 Å². The normalized spacial score (nSPS) is 10.2. The number of carbonyl (C=O) groups is 1. The van der Waals surface area contributed by atoms with E-state index < -0.39 is 5.97 Å². The number of para-hydroxylation sites is 1. The van der Waals surface area contributed by atoms with Crippen LogP contribution in [0.1, 0.15) is 15.9 Å². The monoisotopic (exact) mass is 307 g/mol. The number of anilines is 1. The highest BCUT2D eigenvalue weighted by Gasteiger charge is 2.10. The van der Waals surface area contributed by atoms with Crippen molar-refractivity contribution in [2.75, 3.05) is 12.4 Å². The molecule has 5 nitrogen and oxygen atoms in total. The molecule has 0 saturated carbocycles. The Labute approximate surface area is 126 Å². The number of ether oxygens (including phenoxy) is 1. The lowest BCUT2D eigenvalue weighted by Gasteiger charge is -2.11. The number of phenols is 1. The minimum absolute atomic E-state index is 0.0246. The van der Waals surface area contributed by atoms with E-state index in [0.717, 1.165) is 0 Å². The second-order valence-corrected chi connectivity index (χ2v) is 4.73. The Morgan fingerprint density at radius 3 is 2.76 bits per heavy atom. The zero-order valence-corrected chi connectivity index (χ0v) is 12.0. The van der Waals surface area contributed by atoms with Crippen LogP contribution in [0.15, 0.2) is 36.4 Å². The first kappa shape index (κ1) is 15.0. The van der Waals surface area contributed by atoms with Crippen LogP contribution in [-0.2, 0) is 6.54 Å². The lowest BCUT2D eigenvalue weighted by Crippen LogP contribution is -2.03. The van der Waals surface area contributed by atoms with Gasteiger partial charge in [0.1, 0.15) is 0 Å². The lowest BCUT2D eigenvalue weighted by atomic mass is 10.1. The van der Waals surface area contributed by atoms with Crippen LogP contribution >= 0.6 is 11.6 Å². The SMILES string of the molecule is COc1cccc(CNc2ccc(Cl)c(C(=O)O)c2)c1O. The molecular formula is C15H14ClNO4. The van der Waals surface area contributed by atoms with E-state index in [2.05, 4.69) is 5.32 Å². The Morgan fingerprint density at radius 1 is 1.33 bits per heavy atom. The molecule has 0 unspecified atom stereocenters. The average molecular weight is 308 g/mol. The van der Waals surface area contributed by atoms with Gasteiger partial charge in [0.2, 0.25) is 0 Å². The van der Waals surface area contributed by atoms with Crippen molar-refractivity contribution in [3.8, 4) is 11.5 Å². The summed E-state index contributed by atoms with van der Waals surface area (Å²) in [7, 11) is 1.48. The zero-order chi connectivity index (χ0) is 15.4. The fourth-order valence-electron chi connectivity index (χ4n) is 1.87. The number of rotatable bonds is 5. The summed E-state index contributed by atoms with van der Waals surface area (Å²) in [6.07, 6.45) is 0. The van der Waals surface area contributed by atoms with Gasteiger partial charge in [-0.1, -0.05) is 23.7 Å². The van der Waals surface area contributed by atoms with Crippen molar-refractivity contribution in [3.63, 3.8) is 0 Å². The standard InChI is InChI=1S/C15H14ClNO4/c1-21-13-4-2-3-9(14(13)18)8-17-10-5-6-12(16)11(7-10)15(19)20/h2-7,17-18H,8H2,1H3,(H,19,20). The predicted molar refractivity (Wildman–Crippen MR) is 80.4 cm³/mol. The molecule has 6 heteroatoms. The first-order valence-electron chi connectivity index (χ1n) is 6.14. The number of carboxylic acids is 1. The van der Waals surface area contributed by atoms with Crippen LogP contribution in [0.25, 0.3) is 0 Å². The molecule has 3 N–H and O–H groups in total. The molecule has 0 heterocycles. The van der Waals surface area contributed by atoms with Crippen LogP contribution in [0.3, 0.4) is 0 Å². The maximum absolute atomic E-state index is 11.0. The van der Waals surface area contributed by atoms with Gasteiger partial charge < -0.3 is 20.3 Å². The fraction of sp³-hybridized carbons (Fsp3) is 0.133. The van der Waals surface area contributed by atoms with Gasteiger partial charge >= 0.3 is 5.97 Å². The second kappa shape index (κ2) is 6.37. The molecule has 0 aromatic heterocycles. The van der Waals surface area contributed by atoms with Gasteiger partial charge in [0.05, 0.1) is 17.7 Å². The second-order valence-electron chi connectivity index (χ2n) is 4.32.